The Labute approximate surface area is 92.2 Å². The topological polar surface area (TPSA) is 68.0 Å². The van der Waals surface area contributed by atoms with Crippen LogP contribution in [0.1, 0.15) is 11.4 Å². The molecule has 0 aliphatic rings. The van der Waals surface area contributed by atoms with Gasteiger partial charge in [-0.15, -0.1) is 0 Å². The number of nitrogens with zero attached hydrogens (tertiary/aromatic N) is 2. The zero-order chi connectivity index (χ0) is 11.7. The van der Waals surface area contributed by atoms with Crippen LogP contribution in [-0.4, -0.2) is 15.9 Å². The Morgan fingerprint density at radius 2 is 2.25 bits per heavy atom. The number of furan rings is 1. The van der Waals surface area contributed by atoms with E-state index in [-0.39, 0.29) is 5.91 Å². The first kappa shape index (κ1) is 10.4. The molecular formula is C11H11N3O2. The van der Waals surface area contributed by atoms with Gasteiger partial charge in [-0.2, -0.15) is 4.98 Å². The van der Waals surface area contributed by atoms with Gasteiger partial charge in [-0.05, 0) is 19.9 Å². The Bertz CT molecular complexity index is 572. The standard InChI is InChI=1S/C11H11N3O2/c1-4-8(15)14-10-9-6(2)5-16-11(9)13-7(3)12-10/h4-5H,1H2,2-3H3,(H,12,13,14,15). The summed E-state index contributed by atoms with van der Waals surface area (Å²) in [7, 11) is 0. The summed E-state index contributed by atoms with van der Waals surface area (Å²) in [6.45, 7) is 7.00. The van der Waals surface area contributed by atoms with Crippen LogP contribution in [0, 0.1) is 13.8 Å². The normalized spacial score (nSPS) is 10.4. The van der Waals surface area contributed by atoms with Gasteiger partial charge in [0.1, 0.15) is 11.6 Å². The van der Waals surface area contributed by atoms with Crippen molar-refractivity contribution in [2.24, 2.45) is 0 Å². The van der Waals surface area contributed by atoms with Gasteiger partial charge in [-0.3, -0.25) is 4.79 Å². The number of aryl methyl sites for hydroxylation is 2. The molecule has 0 bridgehead atoms. The van der Waals surface area contributed by atoms with Crippen molar-refractivity contribution in [1.82, 2.24) is 9.97 Å². The molecular weight excluding hydrogens is 206 g/mol. The maximum atomic E-state index is 11.2. The predicted octanol–water partition coefficient (Wildman–Crippen LogP) is 1.96. The second-order valence-corrected chi connectivity index (χ2v) is 3.41. The fourth-order valence-electron chi connectivity index (χ4n) is 1.45. The van der Waals surface area contributed by atoms with Crippen LogP contribution < -0.4 is 5.32 Å². The number of fused-ring (bicyclic) bond motifs is 1. The lowest BCUT2D eigenvalue weighted by atomic mass is 10.2. The third kappa shape index (κ3) is 1.67. The molecule has 2 heterocycles. The van der Waals surface area contributed by atoms with Crippen molar-refractivity contribution >= 4 is 22.8 Å². The molecule has 5 heteroatoms. The molecule has 16 heavy (non-hydrogen) atoms. The summed E-state index contributed by atoms with van der Waals surface area (Å²) in [4.78, 5) is 19.6. The second kappa shape index (κ2) is 3.77. The van der Waals surface area contributed by atoms with Gasteiger partial charge in [0.15, 0.2) is 0 Å². The number of rotatable bonds is 2. The second-order valence-electron chi connectivity index (χ2n) is 3.41. The highest BCUT2D eigenvalue weighted by molar-refractivity contribution is 6.03. The molecule has 0 aliphatic carbocycles. The summed E-state index contributed by atoms with van der Waals surface area (Å²) in [6, 6.07) is 0. The Morgan fingerprint density at radius 1 is 1.50 bits per heavy atom. The van der Waals surface area contributed by atoms with E-state index < -0.39 is 0 Å². The Kier molecular flexibility index (Phi) is 2.44. The molecule has 5 nitrogen and oxygen atoms in total. The maximum absolute atomic E-state index is 11.2. The minimum absolute atomic E-state index is 0.306. The lowest BCUT2D eigenvalue weighted by molar-refractivity contribution is -0.111. The number of carbonyl (C=O) groups is 1. The van der Waals surface area contributed by atoms with E-state index in [0.717, 1.165) is 10.9 Å². The molecule has 0 spiro atoms. The first-order chi connectivity index (χ1) is 7.61. The van der Waals surface area contributed by atoms with Crippen LogP contribution in [0.5, 0.6) is 0 Å². The monoisotopic (exact) mass is 217 g/mol. The van der Waals surface area contributed by atoms with E-state index in [4.69, 9.17) is 4.42 Å². The van der Waals surface area contributed by atoms with Gasteiger partial charge < -0.3 is 9.73 Å². The van der Waals surface area contributed by atoms with Crippen LogP contribution in [0.2, 0.25) is 0 Å². The molecule has 2 rings (SSSR count). The molecule has 82 valence electrons. The van der Waals surface area contributed by atoms with Gasteiger partial charge in [-0.1, -0.05) is 6.58 Å². The SMILES string of the molecule is C=CC(=O)Nc1nc(C)nc2occ(C)c12. The molecule has 0 unspecified atom stereocenters. The van der Waals surface area contributed by atoms with E-state index in [2.05, 4.69) is 21.9 Å². The lowest BCUT2D eigenvalue weighted by Gasteiger charge is -2.03. The van der Waals surface area contributed by atoms with Crippen LogP contribution in [0.25, 0.3) is 11.1 Å². The van der Waals surface area contributed by atoms with Crippen molar-refractivity contribution in [1.29, 1.82) is 0 Å². The summed E-state index contributed by atoms with van der Waals surface area (Å²) in [5.41, 5.74) is 1.36. The molecule has 1 amide bonds. The van der Waals surface area contributed by atoms with E-state index in [1.807, 2.05) is 6.92 Å². The lowest BCUT2D eigenvalue weighted by Crippen LogP contribution is -2.10. The van der Waals surface area contributed by atoms with E-state index in [0.29, 0.717) is 17.4 Å². The molecule has 0 atom stereocenters. The van der Waals surface area contributed by atoms with Crippen LogP contribution in [0.3, 0.4) is 0 Å². The van der Waals surface area contributed by atoms with Crippen molar-refractivity contribution in [2.75, 3.05) is 5.32 Å². The highest BCUT2D eigenvalue weighted by atomic mass is 16.3. The average Bonchev–Trinajstić information content (AvgIpc) is 2.60. The third-order valence-corrected chi connectivity index (χ3v) is 2.16. The van der Waals surface area contributed by atoms with E-state index >= 15 is 0 Å². The largest absolute Gasteiger partial charge is 0.446 e. The number of nitrogens with one attached hydrogen (secondary N) is 1. The molecule has 2 aromatic rings. The number of hydrogen-bond acceptors (Lipinski definition) is 4. The molecule has 2 aromatic heterocycles. The smallest absolute Gasteiger partial charge is 0.248 e. The Morgan fingerprint density at radius 3 is 2.94 bits per heavy atom. The fraction of sp³-hybridized carbons (Fsp3) is 0.182. The Hall–Kier alpha value is -2.17. The van der Waals surface area contributed by atoms with Gasteiger partial charge in [0.25, 0.3) is 0 Å². The van der Waals surface area contributed by atoms with Crippen LogP contribution in [-0.2, 0) is 4.79 Å². The van der Waals surface area contributed by atoms with Crippen LogP contribution >= 0.6 is 0 Å². The van der Waals surface area contributed by atoms with Crippen molar-refractivity contribution in [3.05, 3.63) is 30.3 Å². The number of anilines is 1. The summed E-state index contributed by atoms with van der Waals surface area (Å²) in [6.07, 6.45) is 2.78. The molecule has 0 fully saturated rings. The van der Waals surface area contributed by atoms with E-state index in [1.54, 1.807) is 13.2 Å². The summed E-state index contributed by atoms with van der Waals surface area (Å²) >= 11 is 0. The van der Waals surface area contributed by atoms with Gasteiger partial charge >= 0.3 is 0 Å². The van der Waals surface area contributed by atoms with Crippen molar-refractivity contribution < 1.29 is 9.21 Å². The van der Waals surface area contributed by atoms with E-state index in [1.165, 1.54) is 6.08 Å². The molecule has 0 saturated heterocycles. The third-order valence-electron chi connectivity index (χ3n) is 2.16. The summed E-state index contributed by atoms with van der Waals surface area (Å²) in [5, 5.41) is 3.36. The van der Waals surface area contributed by atoms with Crippen LogP contribution in [0.15, 0.2) is 23.3 Å². The number of amides is 1. The van der Waals surface area contributed by atoms with Gasteiger partial charge in [0.2, 0.25) is 11.6 Å². The molecule has 0 radical (unpaired) electrons. The summed E-state index contributed by atoms with van der Waals surface area (Å²) < 4.78 is 5.26. The van der Waals surface area contributed by atoms with Gasteiger partial charge in [0, 0.05) is 5.56 Å². The molecule has 0 saturated carbocycles. The van der Waals surface area contributed by atoms with Crippen molar-refractivity contribution in [2.45, 2.75) is 13.8 Å². The minimum Gasteiger partial charge on any atom is -0.446 e. The molecule has 1 N–H and O–H groups in total. The molecule has 0 aliphatic heterocycles. The fourth-order valence-corrected chi connectivity index (χ4v) is 1.45. The number of aromatic nitrogens is 2. The summed E-state index contributed by atoms with van der Waals surface area (Å²) in [5.74, 6) is 0.694. The highest BCUT2D eigenvalue weighted by Crippen LogP contribution is 2.25. The van der Waals surface area contributed by atoms with Crippen LogP contribution in [0.4, 0.5) is 5.82 Å². The zero-order valence-electron chi connectivity index (χ0n) is 9.07. The first-order valence-corrected chi connectivity index (χ1v) is 4.77. The van der Waals surface area contributed by atoms with Crippen molar-refractivity contribution in [3.63, 3.8) is 0 Å². The molecule has 0 aromatic carbocycles. The quantitative estimate of drug-likeness (QED) is 0.781. The Balaban J connectivity index is 2.61. The van der Waals surface area contributed by atoms with E-state index in [9.17, 15) is 4.79 Å². The van der Waals surface area contributed by atoms with Gasteiger partial charge in [-0.25, -0.2) is 4.98 Å². The zero-order valence-corrected chi connectivity index (χ0v) is 9.07. The van der Waals surface area contributed by atoms with Crippen molar-refractivity contribution in [3.8, 4) is 0 Å². The highest BCUT2D eigenvalue weighted by Gasteiger charge is 2.12. The first-order valence-electron chi connectivity index (χ1n) is 4.77. The average molecular weight is 217 g/mol. The van der Waals surface area contributed by atoms with Gasteiger partial charge in [0.05, 0.1) is 11.6 Å². The minimum atomic E-state index is -0.306. The number of hydrogen-bond donors (Lipinski definition) is 1. The number of carbonyl (C=O) groups excluding carboxylic acids is 1. The predicted molar refractivity (Wildman–Crippen MR) is 60.1 cm³/mol. The maximum Gasteiger partial charge on any atom is 0.248 e.